The van der Waals surface area contributed by atoms with Crippen LogP contribution in [0.1, 0.15) is 5.76 Å². The van der Waals surface area contributed by atoms with Crippen molar-refractivity contribution in [2.24, 2.45) is 5.10 Å². The number of nitrogens with one attached hydrogen (secondary N) is 1. The standard InChI is InChI=1S/C21H13Cl2N5O4/c1-12-18(9-24)26-28(21(30)25-12)13-7-16(22)20(17(23)8-13)32-15-4-5-19(29)27(11-15)10-14-3-2-6-31-14/h2-8,11H,1,10H2,(H,25,30). The van der Waals surface area contributed by atoms with Crippen LogP contribution in [-0.4, -0.2) is 16.3 Å². The minimum absolute atomic E-state index is 0.0593. The van der Waals surface area contributed by atoms with Gasteiger partial charge in [0.05, 0.1) is 40.4 Å². The maximum atomic E-state index is 12.2. The summed E-state index contributed by atoms with van der Waals surface area (Å²) in [7, 11) is 0. The van der Waals surface area contributed by atoms with Crippen molar-refractivity contribution in [3.63, 3.8) is 0 Å². The van der Waals surface area contributed by atoms with Gasteiger partial charge in [-0.05, 0) is 30.3 Å². The quantitative estimate of drug-likeness (QED) is 0.590. The average molecular weight is 470 g/mol. The molecule has 9 nitrogen and oxygen atoms in total. The summed E-state index contributed by atoms with van der Waals surface area (Å²) < 4.78 is 12.5. The Labute approximate surface area is 191 Å². The molecule has 0 aliphatic carbocycles. The summed E-state index contributed by atoms with van der Waals surface area (Å²) in [6, 6.07) is 10.3. The number of amides is 2. The number of benzene rings is 1. The van der Waals surface area contributed by atoms with Gasteiger partial charge in [-0.2, -0.15) is 15.4 Å². The molecule has 11 heteroatoms. The SMILES string of the molecule is C=C1NC(=O)N(c2cc(Cl)c(Oc3ccc(=O)n(Cc4ccco4)c3)c(Cl)c2)N=C1C#N. The van der Waals surface area contributed by atoms with Gasteiger partial charge in [-0.15, -0.1) is 0 Å². The molecule has 0 atom stereocenters. The van der Waals surface area contributed by atoms with E-state index in [2.05, 4.69) is 17.0 Å². The summed E-state index contributed by atoms with van der Waals surface area (Å²) in [6.07, 6.45) is 3.02. The maximum Gasteiger partial charge on any atom is 0.347 e. The predicted molar refractivity (Wildman–Crippen MR) is 118 cm³/mol. The number of ether oxygens (including phenoxy) is 1. The number of halogens is 2. The molecule has 1 aromatic carbocycles. The molecule has 1 N–H and O–H groups in total. The molecule has 0 saturated heterocycles. The number of rotatable bonds is 5. The van der Waals surface area contributed by atoms with Crippen molar-refractivity contribution in [3.8, 4) is 17.6 Å². The maximum absolute atomic E-state index is 12.2. The number of anilines is 1. The highest BCUT2D eigenvalue weighted by atomic mass is 35.5. The second-order valence-electron chi connectivity index (χ2n) is 6.53. The minimum atomic E-state index is -0.625. The van der Waals surface area contributed by atoms with Gasteiger partial charge in [0.2, 0.25) is 0 Å². The minimum Gasteiger partial charge on any atom is -0.467 e. The lowest BCUT2D eigenvalue weighted by molar-refractivity contribution is 0.248. The molecule has 2 amide bonds. The molecular formula is C21H13Cl2N5O4. The van der Waals surface area contributed by atoms with Crippen molar-refractivity contribution in [2.75, 3.05) is 5.01 Å². The summed E-state index contributed by atoms with van der Waals surface area (Å²) in [5.74, 6) is 1.03. The average Bonchev–Trinajstić information content (AvgIpc) is 3.26. The van der Waals surface area contributed by atoms with Gasteiger partial charge in [-0.3, -0.25) is 4.79 Å². The molecule has 1 aliphatic rings. The Morgan fingerprint density at radius 1 is 1.22 bits per heavy atom. The van der Waals surface area contributed by atoms with Crippen LogP contribution in [0.5, 0.6) is 11.5 Å². The van der Waals surface area contributed by atoms with E-state index in [-0.39, 0.29) is 45.0 Å². The number of hydrazone groups is 1. The predicted octanol–water partition coefficient (Wildman–Crippen LogP) is 4.51. The van der Waals surface area contributed by atoms with Crippen molar-refractivity contribution < 1.29 is 13.9 Å². The molecule has 4 rings (SSSR count). The summed E-state index contributed by atoms with van der Waals surface area (Å²) in [6.45, 7) is 3.78. The van der Waals surface area contributed by atoms with Crippen molar-refractivity contribution >= 4 is 40.6 Å². The zero-order valence-electron chi connectivity index (χ0n) is 16.2. The lowest BCUT2D eigenvalue weighted by atomic mass is 10.2. The zero-order valence-corrected chi connectivity index (χ0v) is 17.7. The van der Waals surface area contributed by atoms with Crippen LogP contribution < -0.4 is 20.6 Å². The van der Waals surface area contributed by atoms with Crippen LogP contribution in [0, 0.1) is 11.3 Å². The molecule has 0 bridgehead atoms. The highest BCUT2D eigenvalue weighted by molar-refractivity contribution is 6.37. The van der Waals surface area contributed by atoms with E-state index in [1.165, 1.54) is 41.3 Å². The third kappa shape index (κ3) is 4.23. The molecule has 32 heavy (non-hydrogen) atoms. The second kappa shape index (κ2) is 8.63. The number of hydrogen-bond donors (Lipinski definition) is 1. The number of carbonyl (C=O) groups excluding carboxylic acids is 1. The van der Waals surface area contributed by atoms with E-state index in [0.717, 1.165) is 5.01 Å². The number of nitrogens with zero attached hydrogens (tertiary/aromatic N) is 4. The third-order valence-corrected chi connectivity index (χ3v) is 4.91. The van der Waals surface area contributed by atoms with Gasteiger partial charge in [0.25, 0.3) is 5.56 Å². The molecule has 1 aliphatic heterocycles. The molecule has 0 radical (unpaired) electrons. The third-order valence-electron chi connectivity index (χ3n) is 4.35. The first-order valence-electron chi connectivity index (χ1n) is 9.04. The number of furan rings is 1. The van der Waals surface area contributed by atoms with Crippen molar-refractivity contribution in [3.05, 3.63) is 87.3 Å². The number of pyridine rings is 1. The fourth-order valence-corrected chi connectivity index (χ4v) is 3.41. The van der Waals surface area contributed by atoms with Gasteiger partial charge in [0.15, 0.2) is 11.5 Å². The summed E-state index contributed by atoms with van der Waals surface area (Å²) in [5.41, 5.74) is 0.00425. The van der Waals surface area contributed by atoms with Gasteiger partial charge < -0.3 is 19.0 Å². The van der Waals surface area contributed by atoms with Gasteiger partial charge in [0.1, 0.15) is 17.6 Å². The topological polar surface area (TPSA) is 113 Å². The normalized spacial score (nSPS) is 13.4. The highest BCUT2D eigenvalue weighted by Gasteiger charge is 2.26. The Morgan fingerprint density at radius 3 is 2.62 bits per heavy atom. The lowest BCUT2D eigenvalue weighted by Crippen LogP contribution is -2.42. The molecule has 0 fully saturated rings. The highest BCUT2D eigenvalue weighted by Crippen LogP contribution is 2.40. The Hall–Kier alpha value is -4.00. The molecule has 160 valence electrons. The number of carbonyl (C=O) groups is 1. The largest absolute Gasteiger partial charge is 0.467 e. The van der Waals surface area contributed by atoms with E-state index in [0.29, 0.717) is 11.5 Å². The summed E-state index contributed by atoms with van der Waals surface area (Å²) >= 11 is 12.7. The Morgan fingerprint density at radius 2 is 1.97 bits per heavy atom. The van der Waals surface area contributed by atoms with E-state index in [1.807, 2.05) is 6.07 Å². The summed E-state index contributed by atoms with van der Waals surface area (Å²) in [4.78, 5) is 24.4. The van der Waals surface area contributed by atoms with E-state index in [4.69, 9.17) is 37.6 Å². The van der Waals surface area contributed by atoms with Crippen LogP contribution >= 0.6 is 23.2 Å². The second-order valence-corrected chi connectivity index (χ2v) is 7.35. The van der Waals surface area contributed by atoms with Crippen LogP contribution in [0.4, 0.5) is 10.5 Å². The van der Waals surface area contributed by atoms with Gasteiger partial charge in [0, 0.05) is 6.07 Å². The Bertz CT molecular complexity index is 1330. The van der Waals surface area contributed by atoms with E-state index in [9.17, 15) is 9.59 Å². The number of hydrogen-bond acceptors (Lipinski definition) is 6. The van der Waals surface area contributed by atoms with Crippen LogP contribution in [0.15, 0.2) is 75.4 Å². The van der Waals surface area contributed by atoms with Crippen molar-refractivity contribution in [1.82, 2.24) is 9.88 Å². The molecule has 0 saturated carbocycles. The van der Waals surface area contributed by atoms with Gasteiger partial charge in [-0.25, -0.2) is 4.79 Å². The fraction of sp³-hybridized carbons (Fsp3) is 0.0476. The van der Waals surface area contributed by atoms with Gasteiger partial charge >= 0.3 is 6.03 Å². The lowest BCUT2D eigenvalue weighted by Gasteiger charge is -2.24. The molecule has 3 heterocycles. The first-order chi connectivity index (χ1) is 15.4. The monoisotopic (exact) mass is 469 g/mol. The van der Waals surface area contributed by atoms with E-state index in [1.54, 1.807) is 12.1 Å². The van der Waals surface area contributed by atoms with E-state index < -0.39 is 6.03 Å². The van der Waals surface area contributed by atoms with Crippen LogP contribution in [-0.2, 0) is 6.54 Å². The van der Waals surface area contributed by atoms with Crippen LogP contribution in [0.3, 0.4) is 0 Å². The molecule has 3 aromatic rings. The Balaban J connectivity index is 1.63. The van der Waals surface area contributed by atoms with Gasteiger partial charge in [-0.1, -0.05) is 29.8 Å². The number of aromatic nitrogens is 1. The number of allylic oxidation sites excluding steroid dienone is 1. The summed E-state index contributed by atoms with van der Waals surface area (Å²) in [5, 5.41) is 16.6. The Kier molecular flexibility index (Phi) is 5.73. The number of urea groups is 1. The first-order valence-corrected chi connectivity index (χ1v) is 9.80. The zero-order chi connectivity index (χ0) is 22.8. The molecule has 0 spiro atoms. The molecule has 0 unspecified atom stereocenters. The smallest absolute Gasteiger partial charge is 0.347 e. The number of nitriles is 1. The van der Waals surface area contributed by atoms with Crippen molar-refractivity contribution in [1.29, 1.82) is 5.26 Å². The molecular weight excluding hydrogens is 457 g/mol. The first kappa shape index (κ1) is 21.2. The van der Waals surface area contributed by atoms with Crippen LogP contribution in [0.25, 0.3) is 0 Å². The van der Waals surface area contributed by atoms with E-state index >= 15 is 0 Å². The van der Waals surface area contributed by atoms with Crippen molar-refractivity contribution in [2.45, 2.75) is 6.54 Å². The fourth-order valence-electron chi connectivity index (χ4n) is 2.86. The van der Waals surface area contributed by atoms with Crippen LogP contribution in [0.2, 0.25) is 10.0 Å². The molecule has 2 aromatic heterocycles.